The highest BCUT2D eigenvalue weighted by Crippen LogP contribution is 2.48. The first kappa shape index (κ1) is 42.6. The summed E-state index contributed by atoms with van der Waals surface area (Å²) in [5.74, 6) is 0. The quantitative estimate of drug-likeness (QED) is 0.154. The van der Waals surface area contributed by atoms with Gasteiger partial charge in [-0.05, 0) is 125 Å². The molecular formula is C74H45N5. The van der Waals surface area contributed by atoms with Gasteiger partial charge in [0.05, 0.1) is 55.2 Å². The van der Waals surface area contributed by atoms with Gasteiger partial charge >= 0.3 is 0 Å². The summed E-state index contributed by atoms with van der Waals surface area (Å²) in [4.78, 5) is 0. The van der Waals surface area contributed by atoms with Crippen LogP contribution in [0, 0.1) is 0 Å². The average molecular weight is 1000 g/mol. The predicted molar refractivity (Wildman–Crippen MR) is 333 cm³/mol. The Morgan fingerprint density at radius 3 is 0.911 bits per heavy atom. The predicted octanol–water partition coefficient (Wildman–Crippen LogP) is 19.5. The molecule has 0 atom stereocenters. The second kappa shape index (κ2) is 16.0. The van der Waals surface area contributed by atoms with Crippen LogP contribution in [-0.4, -0.2) is 22.8 Å². The number of hydrogen-bond donors (Lipinski definition) is 0. The Hall–Kier alpha value is -10.6. The van der Waals surface area contributed by atoms with E-state index in [1.165, 1.54) is 114 Å². The van der Waals surface area contributed by atoms with Crippen LogP contribution in [0.4, 0.5) is 0 Å². The van der Waals surface area contributed by atoms with E-state index in [0.717, 1.165) is 45.0 Å². The van der Waals surface area contributed by atoms with Crippen molar-refractivity contribution in [3.63, 3.8) is 0 Å². The Kier molecular flexibility index (Phi) is 8.61. The second-order valence-corrected chi connectivity index (χ2v) is 21.2. The van der Waals surface area contributed by atoms with Gasteiger partial charge in [-0.2, -0.15) is 0 Å². The molecule has 0 amide bonds. The van der Waals surface area contributed by atoms with Gasteiger partial charge in [-0.3, -0.25) is 0 Å². The molecule has 0 saturated carbocycles. The topological polar surface area (TPSA) is 24.6 Å². The van der Waals surface area contributed by atoms with E-state index in [1.807, 2.05) is 0 Å². The Bertz CT molecular complexity index is 5450. The van der Waals surface area contributed by atoms with Gasteiger partial charge in [-0.25, -0.2) is 0 Å². The number of fused-ring (bicyclic) bond motifs is 20. The fraction of sp³-hybridized carbons (Fsp3) is 0. The molecule has 0 fully saturated rings. The number of aromatic nitrogens is 5. The Morgan fingerprint density at radius 1 is 0.152 bits per heavy atom. The number of benzene rings is 13. The summed E-state index contributed by atoms with van der Waals surface area (Å²) in [5.41, 5.74) is 17.4. The van der Waals surface area contributed by atoms with Gasteiger partial charge in [0, 0.05) is 87.7 Å². The zero-order chi connectivity index (χ0) is 51.4. The monoisotopic (exact) mass is 1000 g/mol. The summed E-state index contributed by atoms with van der Waals surface area (Å²) in [7, 11) is 0. The average Bonchev–Trinajstić information content (AvgIpc) is 3.93. The van der Waals surface area contributed by atoms with Crippen molar-refractivity contribution in [1.82, 2.24) is 22.8 Å². The molecule has 5 aromatic heterocycles. The molecule has 0 spiro atoms. The summed E-state index contributed by atoms with van der Waals surface area (Å²) in [6.45, 7) is 0. The first-order valence-electron chi connectivity index (χ1n) is 27.3. The molecule has 366 valence electrons. The van der Waals surface area contributed by atoms with Crippen molar-refractivity contribution in [2.24, 2.45) is 0 Å². The van der Waals surface area contributed by atoms with Gasteiger partial charge < -0.3 is 22.8 Å². The van der Waals surface area contributed by atoms with Crippen LogP contribution in [0.2, 0.25) is 0 Å². The number of nitrogens with zero attached hydrogens (tertiary/aromatic N) is 5. The first-order valence-corrected chi connectivity index (χ1v) is 27.3. The molecule has 5 heteroatoms. The summed E-state index contributed by atoms with van der Waals surface area (Å²) in [6, 6.07) is 101. The van der Waals surface area contributed by atoms with Gasteiger partial charge in [0.1, 0.15) is 0 Å². The van der Waals surface area contributed by atoms with E-state index in [9.17, 15) is 0 Å². The largest absolute Gasteiger partial charge is 0.309 e. The minimum atomic E-state index is 1.11. The highest BCUT2D eigenvalue weighted by atomic mass is 15.0. The highest BCUT2D eigenvalue weighted by molar-refractivity contribution is 6.34. The van der Waals surface area contributed by atoms with Crippen LogP contribution >= 0.6 is 0 Å². The maximum atomic E-state index is 2.56. The SMILES string of the molecule is c1ccc(-n2c3cc(-n4c5ccccc5c5ccccc54)ccc3c3cc4c(cc32)c2c3cc(-n5c6ccccc6c6ccccc65)ccc3c3ccc(-n5c6ccccc6c6ccccc65)cc3c2n4-c2ccccc2)cc1. The van der Waals surface area contributed by atoms with E-state index in [2.05, 4.69) is 296 Å². The lowest BCUT2D eigenvalue weighted by Gasteiger charge is -2.16. The van der Waals surface area contributed by atoms with Gasteiger partial charge in [0.2, 0.25) is 0 Å². The molecule has 5 nitrogen and oxygen atoms in total. The molecule has 0 aliphatic carbocycles. The maximum absolute atomic E-state index is 2.56. The molecule has 0 aliphatic heterocycles. The van der Waals surface area contributed by atoms with Crippen LogP contribution in [0.1, 0.15) is 0 Å². The summed E-state index contributed by atoms with van der Waals surface area (Å²) in [5, 5.41) is 17.1. The molecule has 0 radical (unpaired) electrons. The van der Waals surface area contributed by atoms with E-state index in [4.69, 9.17) is 0 Å². The van der Waals surface area contributed by atoms with Gasteiger partial charge in [-0.15, -0.1) is 0 Å². The standard InChI is InChI=1S/C74H45N5/c1-3-19-46(20-4-1)75-70-43-50(78-68-33-17-11-27-57(68)58-28-12-18-34-69(58)78)37-40-59(70)60-44-72-63(45-71(60)75)73-61-41-48(76-64-29-13-7-23-53(64)54-24-8-14-30-65(54)76)35-38-51(61)52-39-36-49(42-62(52)74(73)79(72)47-21-5-2-6-22-47)77-66-31-15-9-25-55(66)56-26-10-16-32-67(56)77/h1-45H. The lowest BCUT2D eigenvalue weighted by Crippen LogP contribution is -1.98. The molecule has 0 N–H and O–H groups in total. The Morgan fingerprint density at radius 2 is 0.456 bits per heavy atom. The van der Waals surface area contributed by atoms with Crippen molar-refractivity contribution in [2.75, 3.05) is 0 Å². The van der Waals surface area contributed by atoms with Crippen molar-refractivity contribution < 1.29 is 0 Å². The van der Waals surface area contributed by atoms with Crippen molar-refractivity contribution in [2.45, 2.75) is 0 Å². The third-order valence-electron chi connectivity index (χ3n) is 17.2. The molecule has 13 aromatic carbocycles. The number of para-hydroxylation sites is 8. The van der Waals surface area contributed by atoms with Crippen molar-refractivity contribution in [3.05, 3.63) is 273 Å². The van der Waals surface area contributed by atoms with Crippen molar-refractivity contribution >= 4 is 131 Å². The van der Waals surface area contributed by atoms with E-state index >= 15 is 0 Å². The zero-order valence-corrected chi connectivity index (χ0v) is 42.7. The molecule has 0 unspecified atom stereocenters. The van der Waals surface area contributed by atoms with E-state index in [0.29, 0.717) is 0 Å². The second-order valence-electron chi connectivity index (χ2n) is 21.2. The lowest BCUT2D eigenvalue weighted by molar-refractivity contribution is 1.15. The van der Waals surface area contributed by atoms with Crippen LogP contribution in [0.15, 0.2) is 273 Å². The zero-order valence-electron chi connectivity index (χ0n) is 42.7. The smallest absolute Gasteiger partial charge is 0.0626 e. The van der Waals surface area contributed by atoms with E-state index in [-0.39, 0.29) is 0 Å². The molecule has 18 aromatic rings. The first-order chi connectivity index (χ1) is 39.2. The van der Waals surface area contributed by atoms with Crippen LogP contribution < -0.4 is 0 Å². The normalized spacial score (nSPS) is 12.3. The van der Waals surface area contributed by atoms with Gasteiger partial charge in [-0.1, -0.05) is 164 Å². The molecule has 18 rings (SSSR count). The summed E-state index contributed by atoms with van der Waals surface area (Å²) in [6.07, 6.45) is 0. The van der Waals surface area contributed by atoms with Crippen LogP contribution in [0.5, 0.6) is 0 Å². The van der Waals surface area contributed by atoms with Gasteiger partial charge in [0.25, 0.3) is 0 Å². The van der Waals surface area contributed by atoms with E-state index < -0.39 is 0 Å². The summed E-state index contributed by atoms with van der Waals surface area (Å²) >= 11 is 0. The van der Waals surface area contributed by atoms with Crippen molar-refractivity contribution in [3.8, 4) is 28.4 Å². The fourth-order valence-corrected chi connectivity index (χ4v) is 14.0. The minimum Gasteiger partial charge on any atom is -0.309 e. The Labute approximate surface area is 452 Å². The molecule has 5 heterocycles. The summed E-state index contributed by atoms with van der Waals surface area (Å²) < 4.78 is 12.4. The van der Waals surface area contributed by atoms with Crippen LogP contribution in [-0.2, 0) is 0 Å². The van der Waals surface area contributed by atoms with Crippen molar-refractivity contribution in [1.29, 1.82) is 0 Å². The molecule has 79 heavy (non-hydrogen) atoms. The highest BCUT2D eigenvalue weighted by Gasteiger charge is 2.25. The number of hydrogen-bond acceptors (Lipinski definition) is 0. The fourth-order valence-electron chi connectivity index (χ4n) is 14.0. The molecule has 0 bridgehead atoms. The third-order valence-corrected chi connectivity index (χ3v) is 17.2. The van der Waals surface area contributed by atoms with Crippen LogP contribution in [0.3, 0.4) is 0 Å². The van der Waals surface area contributed by atoms with Crippen LogP contribution in [0.25, 0.3) is 159 Å². The Balaban J connectivity index is 1.01. The molecular weight excluding hydrogens is 959 g/mol. The van der Waals surface area contributed by atoms with Gasteiger partial charge in [0.15, 0.2) is 0 Å². The third kappa shape index (κ3) is 5.82. The lowest BCUT2D eigenvalue weighted by atomic mass is 9.95. The number of rotatable bonds is 5. The molecule has 0 saturated heterocycles. The molecule has 0 aliphatic rings. The minimum absolute atomic E-state index is 1.11. The van der Waals surface area contributed by atoms with E-state index in [1.54, 1.807) is 0 Å². The maximum Gasteiger partial charge on any atom is 0.0626 e.